The predicted octanol–water partition coefficient (Wildman–Crippen LogP) is 5.56. The number of nitrogens with zero attached hydrogens (tertiary/aromatic N) is 1. The number of H-pyrrole nitrogens is 1. The van der Waals surface area contributed by atoms with Crippen molar-refractivity contribution in [3.05, 3.63) is 132 Å². The Bertz CT molecular complexity index is 1380. The van der Waals surface area contributed by atoms with E-state index in [2.05, 4.69) is 84.7 Å². The number of aromatic amines is 1. The minimum absolute atomic E-state index is 0.0765. The van der Waals surface area contributed by atoms with Gasteiger partial charge in [0, 0.05) is 5.56 Å². The highest BCUT2D eigenvalue weighted by Crippen LogP contribution is 2.54. The van der Waals surface area contributed by atoms with Crippen LogP contribution in [0.2, 0.25) is 0 Å². The molecule has 0 aliphatic rings. The Hall–Kier alpha value is -3.46. The molecule has 0 atom stereocenters. The lowest BCUT2D eigenvalue weighted by Gasteiger charge is -2.28. The van der Waals surface area contributed by atoms with Gasteiger partial charge in [0.2, 0.25) is 5.30 Å². The molecule has 0 unspecified atom stereocenters. The second kappa shape index (κ2) is 11.1. The fourth-order valence-corrected chi connectivity index (χ4v) is 10.2. The molecule has 0 saturated carbocycles. The standard InChI is InChI=1S/C31H27N2OPS/c1-2-23-36-31-28(30(34)32-29(33-31)24-15-7-3-8-16-24)35(25-17-9-4-10-18-25,26-19-11-5-12-20-26)27-21-13-6-14-22-27/h3-22H,2,23H2,1H3/p+1. The topological polar surface area (TPSA) is 45.8 Å². The summed E-state index contributed by atoms with van der Waals surface area (Å²) >= 11 is 1.68. The van der Waals surface area contributed by atoms with Crippen LogP contribution in [0.5, 0.6) is 0 Å². The van der Waals surface area contributed by atoms with Crippen molar-refractivity contribution >= 4 is 40.2 Å². The Morgan fingerprint density at radius 3 is 1.58 bits per heavy atom. The number of hydrogen-bond donors (Lipinski definition) is 1. The molecule has 0 amide bonds. The van der Waals surface area contributed by atoms with Crippen LogP contribution < -0.4 is 26.8 Å². The minimum Gasteiger partial charge on any atom is -0.303 e. The summed E-state index contributed by atoms with van der Waals surface area (Å²) in [5.41, 5.74) is 0.829. The van der Waals surface area contributed by atoms with Gasteiger partial charge >= 0.3 is 0 Å². The lowest BCUT2D eigenvalue weighted by atomic mass is 10.2. The van der Waals surface area contributed by atoms with E-state index in [-0.39, 0.29) is 5.56 Å². The molecule has 0 bridgehead atoms. The SMILES string of the molecule is CCCSc1nc(-c2ccccc2)[nH]c(=O)c1[P+](c1ccccc1)(c1ccccc1)c1ccccc1. The summed E-state index contributed by atoms with van der Waals surface area (Å²) in [7, 11) is -2.56. The molecule has 0 spiro atoms. The summed E-state index contributed by atoms with van der Waals surface area (Å²) in [6, 6.07) is 41.3. The summed E-state index contributed by atoms with van der Waals surface area (Å²) < 4.78 is 0. The van der Waals surface area contributed by atoms with E-state index in [9.17, 15) is 4.79 Å². The van der Waals surface area contributed by atoms with Crippen molar-refractivity contribution in [2.24, 2.45) is 0 Å². The summed E-state index contributed by atoms with van der Waals surface area (Å²) in [6.45, 7) is 2.16. The van der Waals surface area contributed by atoms with E-state index >= 15 is 0 Å². The van der Waals surface area contributed by atoms with E-state index < -0.39 is 7.26 Å². The molecule has 1 heterocycles. The third kappa shape index (κ3) is 4.55. The molecule has 5 rings (SSSR count). The average Bonchev–Trinajstić information content (AvgIpc) is 2.95. The van der Waals surface area contributed by atoms with Gasteiger partial charge in [-0.3, -0.25) is 4.79 Å². The molecule has 0 saturated heterocycles. The van der Waals surface area contributed by atoms with E-state index in [1.807, 2.05) is 48.5 Å². The molecule has 1 N–H and O–H groups in total. The Morgan fingerprint density at radius 2 is 1.14 bits per heavy atom. The second-order valence-electron chi connectivity index (χ2n) is 8.46. The van der Waals surface area contributed by atoms with Crippen molar-refractivity contribution in [1.82, 2.24) is 9.97 Å². The van der Waals surface area contributed by atoms with Crippen molar-refractivity contribution < 1.29 is 0 Å². The van der Waals surface area contributed by atoms with Gasteiger partial charge in [0.15, 0.2) is 7.26 Å². The first kappa shape index (κ1) is 24.2. The van der Waals surface area contributed by atoms with Crippen LogP contribution in [0.25, 0.3) is 11.4 Å². The van der Waals surface area contributed by atoms with Crippen LogP contribution in [0.3, 0.4) is 0 Å². The average molecular weight is 508 g/mol. The molecular formula is C31H28N2OPS+. The zero-order valence-electron chi connectivity index (χ0n) is 20.2. The van der Waals surface area contributed by atoms with Crippen LogP contribution in [-0.2, 0) is 0 Å². The van der Waals surface area contributed by atoms with E-state index in [0.29, 0.717) is 5.82 Å². The normalized spacial score (nSPS) is 11.4. The fourth-order valence-electron chi connectivity index (χ4n) is 4.56. The van der Waals surface area contributed by atoms with E-state index in [0.717, 1.165) is 44.0 Å². The molecule has 5 aromatic rings. The van der Waals surface area contributed by atoms with Crippen LogP contribution in [0.4, 0.5) is 0 Å². The van der Waals surface area contributed by atoms with Gasteiger partial charge in [-0.15, -0.1) is 11.8 Å². The fraction of sp³-hybridized carbons (Fsp3) is 0.0968. The van der Waals surface area contributed by atoms with Crippen molar-refractivity contribution in [1.29, 1.82) is 0 Å². The van der Waals surface area contributed by atoms with Gasteiger partial charge in [-0.1, -0.05) is 91.9 Å². The van der Waals surface area contributed by atoms with Crippen LogP contribution in [0.1, 0.15) is 13.3 Å². The summed E-state index contributed by atoms with van der Waals surface area (Å²) in [4.78, 5) is 22.6. The van der Waals surface area contributed by atoms with Crippen molar-refractivity contribution in [3.63, 3.8) is 0 Å². The van der Waals surface area contributed by atoms with Gasteiger partial charge in [-0.25, -0.2) is 4.98 Å². The minimum atomic E-state index is -2.56. The lowest BCUT2D eigenvalue weighted by Crippen LogP contribution is -2.46. The van der Waals surface area contributed by atoms with Gasteiger partial charge in [-0.05, 0) is 48.6 Å². The monoisotopic (exact) mass is 507 g/mol. The summed E-state index contributed by atoms with van der Waals surface area (Å²) in [6.07, 6.45) is 0.993. The number of nitrogens with one attached hydrogen (secondary N) is 1. The zero-order chi connectivity index (χ0) is 24.8. The van der Waals surface area contributed by atoms with E-state index in [1.54, 1.807) is 11.8 Å². The van der Waals surface area contributed by atoms with Crippen molar-refractivity contribution in [2.75, 3.05) is 5.75 Å². The maximum Gasteiger partial charge on any atom is 0.296 e. The molecule has 0 aliphatic carbocycles. The van der Waals surface area contributed by atoms with E-state index in [1.165, 1.54) is 0 Å². The first-order chi connectivity index (χ1) is 17.7. The van der Waals surface area contributed by atoms with Crippen molar-refractivity contribution in [2.45, 2.75) is 18.4 Å². The second-order valence-corrected chi connectivity index (χ2v) is 12.9. The Balaban J connectivity index is 1.91. The molecule has 4 aromatic carbocycles. The highest BCUT2D eigenvalue weighted by atomic mass is 32.2. The smallest absolute Gasteiger partial charge is 0.296 e. The van der Waals surface area contributed by atoms with Gasteiger partial charge in [0.25, 0.3) is 5.56 Å². The Labute approximate surface area is 217 Å². The number of rotatable bonds is 8. The summed E-state index contributed by atoms with van der Waals surface area (Å²) in [5, 5.41) is 5.00. The zero-order valence-corrected chi connectivity index (χ0v) is 21.9. The largest absolute Gasteiger partial charge is 0.303 e. The van der Waals surface area contributed by atoms with Crippen LogP contribution in [0, 0.1) is 0 Å². The first-order valence-corrected chi connectivity index (χ1v) is 14.9. The molecule has 0 radical (unpaired) electrons. The van der Waals surface area contributed by atoms with Crippen molar-refractivity contribution in [3.8, 4) is 11.4 Å². The first-order valence-electron chi connectivity index (χ1n) is 12.1. The number of hydrogen-bond acceptors (Lipinski definition) is 3. The quantitative estimate of drug-likeness (QED) is 0.170. The molecule has 0 aliphatic heterocycles. The van der Waals surface area contributed by atoms with Crippen LogP contribution in [-0.4, -0.2) is 15.7 Å². The highest BCUT2D eigenvalue weighted by Gasteiger charge is 2.52. The van der Waals surface area contributed by atoms with Crippen LogP contribution >= 0.6 is 19.0 Å². The lowest BCUT2D eigenvalue weighted by molar-refractivity contribution is 1.04. The molecule has 1 aromatic heterocycles. The summed E-state index contributed by atoms with van der Waals surface area (Å²) in [5.74, 6) is 1.49. The maximum atomic E-state index is 14.3. The predicted molar refractivity (Wildman–Crippen MR) is 156 cm³/mol. The molecule has 36 heavy (non-hydrogen) atoms. The van der Waals surface area contributed by atoms with Gasteiger partial charge in [0.05, 0.1) is 0 Å². The number of thioether (sulfide) groups is 1. The Kier molecular flexibility index (Phi) is 7.46. The van der Waals surface area contributed by atoms with Gasteiger partial charge in [-0.2, -0.15) is 0 Å². The maximum absolute atomic E-state index is 14.3. The Morgan fingerprint density at radius 1 is 0.694 bits per heavy atom. The van der Waals surface area contributed by atoms with Gasteiger partial charge in [0.1, 0.15) is 26.8 Å². The third-order valence-electron chi connectivity index (χ3n) is 6.12. The van der Waals surface area contributed by atoms with Crippen LogP contribution in [0.15, 0.2) is 131 Å². The van der Waals surface area contributed by atoms with Gasteiger partial charge < -0.3 is 4.98 Å². The molecular weight excluding hydrogens is 479 g/mol. The molecule has 5 heteroatoms. The number of aromatic nitrogens is 2. The third-order valence-corrected chi connectivity index (χ3v) is 11.8. The molecule has 178 valence electrons. The number of benzene rings is 4. The molecule has 0 fully saturated rings. The van der Waals surface area contributed by atoms with E-state index in [4.69, 9.17) is 4.98 Å². The highest BCUT2D eigenvalue weighted by molar-refractivity contribution is 8.04. The molecule has 3 nitrogen and oxygen atoms in total.